The van der Waals surface area contributed by atoms with E-state index in [1.54, 1.807) is 6.07 Å². The lowest BCUT2D eigenvalue weighted by Crippen LogP contribution is -2.11. The second-order valence-corrected chi connectivity index (χ2v) is 4.91. The number of rotatable bonds is 9. The minimum absolute atomic E-state index is 0.114. The minimum atomic E-state index is -0.350. The van der Waals surface area contributed by atoms with Crippen molar-refractivity contribution >= 4 is 11.4 Å². The first-order valence-electron chi connectivity index (χ1n) is 7.21. The highest BCUT2D eigenvalue weighted by Gasteiger charge is 2.17. The summed E-state index contributed by atoms with van der Waals surface area (Å²) >= 11 is 0. The van der Waals surface area contributed by atoms with E-state index >= 15 is 0 Å². The number of hydrogen-bond donors (Lipinski definition) is 1. The quantitative estimate of drug-likeness (QED) is 0.546. The topological polar surface area (TPSA) is 64.4 Å². The number of nitro groups is 1. The van der Waals surface area contributed by atoms with Crippen molar-refractivity contribution in [2.75, 3.05) is 11.9 Å². The summed E-state index contributed by atoms with van der Waals surface area (Å²) in [6.07, 6.45) is 3.14. The van der Waals surface area contributed by atoms with Gasteiger partial charge >= 0.3 is 0 Å². The van der Waals surface area contributed by atoms with E-state index in [4.69, 9.17) is 4.74 Å². The van der Waals surface area contributed by atoms with E-state index < -0.39 is 0 Å². The van der Waals surface area contributed by atoms with Crippen LogP contribution in [0.1, 0.15) is 45.6 Å². The molecule has 0 radical (unpaired) electrons. The molecule has 0 saturated carbocycles. The number of hydrogen-bond acceptors (Lipinski definition) is 4. The monoisotopic (exact) mass is 280 g/mol. The first kappa shape index (κ1) is 16.4. The molecule has 1 N–H and O–H groups in total. The van der Waals surface area contributed by atoms with Crippen LogP contribution in [0.15, 0.2) is 18.2 Å². The molecule has 1 atom stereocenters. The average Bonchev–Trinajstić information content (AvgIpc) is 2.43. The Labute approximate surface area is 120 Å². The first-order chi connectivity index (χ1) is 9.60. The van der Waals surface area contributed by atoms with Crippen LogP contribution < -0.4 is 5.32 Å². The SMILES string of the molecule is CCCNc1c(COC(C)CCC)cccc1[N+](=O)[O-]. The van der Waals surface area contributed by atoms with E-state index in [0.29, 0.717) is 18.8 Å². The third-order valence-corrected chi connectivity index (χ3v) is 3.10. The molecule has 5 nitrogen and oxygen atoms in total. The molecule has 0 spiro atoms. The van der Waals surface area contributed by atoms with Crippen LogP contribution in [0.2, 0.25) is 0 Å². The van der Waals surface area contributed by atoms with E-state index in [9.17, 15) is 10.1 Å². The van der Waals surface area contributed by atoms with Gasteiger partial charge in [0.25, 0.3) is 5.69 Å². The van der Waals surface area contributed by atoms with Crippen LogP contribution >= 0.6 is 0 Å². The fraction of sp³-hybridized carbons (Fsp3) is 0.600. The number of nitro benzene ring substituents is 1. The van der Waals surface area contributed by atoms with Gasteiger partial charge in [-0.05, 0) is 19.8 Å². The van der Waals surface area contributed by atoms with Gasteiger partial charge in [0.05, 0.1) is 17.6 Å². The third kappa shape index (κ3) is 4.81. The van der Waals surface area contributed by atoms with E-state index in [1.165, 1.54) is 6.07 Å². The molecule has 0 aliphatic rings. The summed E-state index contributed by atoms with van der Waals surface area (Å²) in [5, 5.41) is 14.2. The van der Waals surface area contributed by atoms with Crippen molar-refractivity contribution in [3.05, 3.63) is 33.9 Å². The van der Waals surface area contributed by atoms with Gasteiger partial charge in [-0.1, -0.05) is 32.4 Å². The van der Waals surface area contributed by atoms with Gasteiger partial charge in [-0.15, -0.1) is 0 Å². The number of ether oxygens (including phenoxy) is 1. The highest BCUT2D eigenvalue weighted by atomic mass is 16.6. The molecule has 0 amide bonds. The van der Waals surface area contributed by atoms with Gasteiger partial charge in [0, 0.05) is 18.2 Å². The van der Waals surface area contributed by atoms with Crippen LogP contribution in [0.3, 0.4) is 0 Å². The maximum absolute atomic E-state index is 11.1. The fourth-order valence-electron chi connectivity index (χ4n) is 2.03. The van der Waals surface area contributed by atoms with Crippen molar-refractivity contribution in [1.82, 2.24) is 0 Å². The lowest BCUT2D eigenvalue weighted by molar-refractivity contribution is -0.384. The normalized spacial score (nSPS) is 12.2. The molecule has 0 heterocycles. The molecule has 1 aromatic rings. The van der Waals surface area contributed by atoms with Gasteiger partial charge < -0.3 is 10.1 Å². The summed E-state index contributed by atoms with van der Waals surface area (Å²) in [4.78, 5) is 10.8. The zero-order chi connectivity index (χ0) is 15.0. The van der Waals surface area contributed by atoms with Crippen molar-refractivity contribution in [3.8, 4) is 0 Å². The van der Waals surface area contributed by atoms with Gasteiger partial charge in [0.1, 0.15) is 5.69 Å². The molecular formula is C15H24N2O3. The Morgan fingerprint density at radius 2 is 2.10 bits per heavy atom. The lowest BCUT2D eigenvalue weighted by atomic mass is 10.1. The Morgan fingerprint density at radius 3 is 2.70 bits per heavy atom. The molecular weight excluding hydrogens is 256 g/mol. The molecule has 0 aromatic heterocycles. The van der Waals surface area contributed by atoms with E-state index in [0.717, 1.165) is 24.8 Å². The van der Waals surface area contributed by atoms with Crippen LogP contribution in [-0.2, 0) is 11.3 Å². The predicted molar refractivity (Wildman–Crippen MR) is 81.0 cm³/mol. The van der Waals surface area contributed by atoms with E-state index in [1.807, 2.05) is 19.9 Å². The largest absolute Gasteiger partial charge is 0.379 e. The smallest absolute Gasteiger partial charge is 0.292 e. The number of anilines is 1. The van der Waals surface area contributed by atoms with Crippen LogP contribution in [0.25, 0.3) is 0 Å². The molecule has 0 aliphatic heterocycles. The molecule has 0 saturated heterocycles. The highest BCUT2D eigenvalue weighted by Crippen LogP contribution is 2.29. The Balaban J connectivity index is 2.87. The Bertz CT molecular complexity index is 435. The zero-order valence-corrected chi connectivity index (χ0v) is 12.5. The summed E-state index contributed by atoms with van der Waals surface area (Å²) in [6.45, 7) is 7.28. The van der Waals surface area contributed by atoms with Gasteiger partial charge in [-0.2, -0.15) is 0 Å². The van der Waals surface area contributed by atoms with Gasteiger partial charge in [0.15, 0.2) is 0 Å². The van der Waals surface area contributed by atoms with E-state index in [2.05, 4.69) is 12.2 Å². The van der Waals surface area contributed by atoms with Crippen LogP contribution in [-0.4, -0.2) is 17.6 Å². The zero-order valence-electron chi connectivity index (χ0n) is 12.5. The summed E-state index contributed by atoms with van der Waals surface area (Å²) in [5.74, 6) is 0. The van der Waals surface area contributed by atoms with Crippen molar-refractivity contribution in [2.45, 2.75) is 52.7 Å². The van der Waals surface area contributed by atoms with Crippen molar-refractivity contribution in [1.29, 1.82) is 0 Å². The molecule has 5 heteroatoms. The molecule has 1 rings (SSSR count). The summed E-state index contributed by atoms with van der Waals surface area (Å²) < 4.78 is 5.76. The predicted octanol–water partition coefficient (Wildman–Crippen LogP) is 4.12. The van der Waals surface area contributed by atoms with Crippen LogP contribution in [0.5, 0.6) is 0 Å². The highest BCUT2D eigenvalue weighted by molar-refractivity contribution is 5.66. The minimum Gasteiger partial charge on any atom is -0.379 e. The molecule has 0 bridgehead atoms. The second-order valence-electron chi connectivity index (χ2n) is 4.91. The Hall–Kier alpha value is -1.62. The van der Waals surface area contributed by atoms with Crippen LogP contribution in [0, 0.1) is 10.1 Å². The van der Waals surface area contributed by atoms with Gasteiger partial charge in [-0.3, -0.25) is 10.1 Å². The molecule has 0 fully saturated rings. The van der Waals surface area contributed by atoms with Gasteiger partial charge in [-0.25, -0.2) is 0 Å². The van der Waals surface area contributed by atoms with Crippen molar-refractivity contribution in [3.63, 3.8) is 0 Å². The number of nitrogens with zero attached hydrogens (tertiary/aromatic N) is 1. The Morgan fingerprint density at radius 1 is 1.35 bits per heavy atom. The molecule has 112 valence electrons. The average molecular weight is 280 g/mol. The molecule has 1 unspecified atom stereocenters. The van der Waals surface area contributed by atoms with Crippen molar-refractivity contribution < 1.29 is 9.66 Å². The van der Waals surface area contributed by atoms with Crippen LogP contribution in [0.4, 0.5) is 11.4 Å². The first-order valence-corrected chi connectivity index (χ1v) is 7.21. The molecule has 0 aliphatic carbocycles. The van der Waals surface area contributed by atoms with Gasteiger partial charge in [0.2, 0.25) is 0 Å². The fourth-order valence-corrected chi connectivity index (χ4v) is 2.03. The third-order valence-electron chi connectivity index (χ3n) is 3.10. The number of para-hydroxylation sites is 1. The maximum Gasteiger partial charge on any atom is 0.292 e. The second kappa shape index (κ2) is 8.53. The maximum atomic E-state index is 11.1. The Kier molecular flexibility index (Phi) is 7.01. The van der Waals surface area contributed by atoms with E-state index in [-0.39, 0.29) is 16.7 Å². The number of benzene rings is 1. The lowest BCUT2D eigenvalue weighted by Gasteiger charge is -2.15. The molecule has 20 heavy (non-hydrogen) atoms. The summed E-state index contributed by atoms with van der Waals surface area (Å²) in [6, 6.07) is 5.11. The molecule has 1 aromatic carbocycles. The summed E-state index contributed by atoms with van der Waals surface area (Å²) in [7, 11) is 0. The van der Waals surface area contributed by atoms with Crippen molar-refractivity contribution in [2.24, 2.45) is 0 Å². The summed E-state index contributed by atoms with van der Waals surface area (Å²) in [5.41, 5.74) is 1.54. The number of nitrogens with one attached hydrogen (secondary N) is 1. The standard InChI is InChI=1S/C15H24N2O3/c1-4-7-12(3)20-11-13-8-6-9-14(17(18)19)15(13)16-10-5-2/h6,8-9,12,16H,4-5,7,10-11H2,1-3H3.